The summed E-state index contributed by atoms with van der Waals surface area (Å²) in [6, 6.07) is 0. The van der Waals surface area contributed by atoms with Gasteiger partial charge in [0.25, 0.3) is 0 Å². The van der Waals surface area contributed by atoms with Crippen LogP contribution in [-0.4, -0.2) is 54.0 Å². The third-order valence-electron chi connectivity index (χ3n) is 10.4. The van der Waals surface area contributed by atoms with Crippen molar-refractivity contribution in [2.75, 3.05) is 13.1 Å². The zero-order valence-corrected chi connectivity index (χ0v) is 21.8. The van der Waals surface area contributed by atoms with Gasteiger partial charge in [-0.2, -0.15) is 0 Å². The Bertz CT molecular complexity index is 900. The standard InChI is InChI=1S/C27H42N2O6/c1-7-24(4)14-19(34-22(32)29-23(33)35-25(5)12-13-28-15-25)26(6)16(2)8-10-27(17(3)21(24)31)11-9-18(30)20(26)27/h7,16-17,19-21,28,31H,1,8-15H2,2-6H3,(H,29,32,33)/t16?,17-,19+,20-,21-,24+,25?,26+,27-/m0/s1. The highest BCUT2D eigenvalue weighted by atomic mass is 16.6. The van der Waals surface area contributed by atoms with Gasteiger partial charge in [0.15, 0.2) is 0 Å². The van der Waals surface area contributed by atoms with Crippen LogP contribution in [0, 0.1) is 34.0 Å². The first kappa shape index (κ1) is 26.1. The molecule has 4 fully saturated rings. The summed E-state index contributed by atoms with van der Waals surface area (Å²) in [5, 5.41) is 16.9. The van der Waals surface area contributed by atoms with Gasteiger partial charge in [0.2, 0.25) is 0 Å². The smallest absolute Gasteiger partial charge is 0.417 e. The maximum absolute atomic E-state index is 13.4. The molecule has 1 heterocycles. The number of imide groups is 1. The summed E-state index contributed by atoms with van der Waals surface area (Å²) < 4.78 is 11.5. The van der Waals surface area contributed by atoms with E-state index >= 15 is 0 Å². The van der Waals surface area contributed by atoms with Crippen LogP contribution in [0.5, 0.6) is 0 Å². The van der Waals surface area contributed by atoms with Crippen LogP contribution in [0.2, 0.25) is 0 Å². The highest BCUT2D eigenvalue weighted by Crippen LogP contribution is 2.67. The lowest BCUT2D eigenvalue weighted by atomic mass is 9.44. The molecule has 1 aliphatic heterocycles. The number of nitrogens with one attached hydrogen (secondary N) is 2. The summed E-state index contributed by atoms with van der Waals surface area (Å²) in [7, 11) is 0. The molecule has 8 heteroatoms. The van der Waals surface area contributed by atoms with Crippen LogP contribution < -0.4 is 10.6 Å². The fraction of sp³-hybridized carbons (Fsp3) is 0.815. The Labute approximate surface area is 208 Å². The molecular weight excluding hydrogens is 448 g/mol. The highest BCUT2D eigenvalue weighted by molar-refractivity contribution is 5.88. The van der Waals surface area contributed by atoms with E-state index < -0.39 is 40.8 Å². The van der Waals surface area contributed by atoms with E-state index in [2.05, 4.69) is 38.0 Å². The van der Waals surface area contributed by atoms with Crippen LogP contribution >= 0.6 is 0 Å². The van der Waals surface area contributed by atoms with E-state index in [4.69, 9.17) is 9.47 Å². The van der Waals surface area contributed by atoms with Gasteiger partial charge in [0.05, 0.1) is 6.10 Å². The average Bonchev–Trinajstić information content (AvgIpc) is 3.38. The van der Waals surface area contributed by atoms with Gasteiger partial charge in [-0.25, -0.2) is 14.9 Å². The van der Waals surface area contributed by atoms with Gasteiger partial charge in [-0.3, -0.25) is 4.79 Å². The van der Waals surface area contributed by atoms with Gasteiger partial charge < -0.3 is 19.9 Å². The number of hydrogen-bond donors (Lipinski definition) is 3. The minimum atomic E-state index is -0.890. The lowest BCUT2D eigenvalue weighted by molar-refractivity contribution is -0.191. The van der Waals surface area contributed by atoms with Crippen LogP contribution in [-0.2, 0) is 14.3 Å². The number of ether oxygens (including phenoxy) is 2. The van der Waals surface area contributed by atoms with Crippen molar-refractivity contribution in [3.8, 4) is 0 Å². The molecule has 35 heavy (non-hydrogen) atoms. The van der Waals surface area contributed by atoms with Crippen molar-refractivity contribution in [3.05, 3.63) is 12.7 Å². The van der Waals surface area contributed by atoms with Gasteiger partial charge >= 0.3 is 12.2 Å². The highest BCUT2D eigenvalue weighted by Gasteiger charge is 2.68. The minimum absolute atomic E-state index is 0.0979. The molecule has 3 N–H and O–H groups in total. The first-order valence-electron chi connectivity index (χ1n) is 13.1. The second-order valence-corrected chi connectivity index (χ2v) is 12.4. The van der Waals surface area contributed by atoms with E-state index in [9.17, 15) is 19.5 Å². The van der Waals surface area contributed by atoms with Crippen LogP contribution in [0.3, 0.4) is 0 Å². The summed E-state index contributed by atoms with van der Waals surface area (Å²) in [6.45, 7) is 15.3. The molecular formula is C27H42N2O6. The van der Waals surface area contributed by atoms with Gasteiger partial charge in [-0.1, -0.05) is 33.8 Å². The van der Waals surface area contributed by atoms with Gasteiger partial charge in [0.1, 0.15) is 17.5 Å². The predicted octanol–water partition coefficient (Wildman–Crippen LogP) is 3.96. The second kappa shape index (κ2) is 8.87. The van der Waals surface area contributed by atoms with Crippen LogP contribution in [0.4, 0.5) is 9.59 Å². The van der Waals surface area contributed by atoms with E-state index in [0.717, 1.165) is 25.8 Å². The molecule has 9 atom stereocenters. The average molecular weight is 491 g/mol. The third kappa shape index (κ3) is 4.10. The van der Waals surface area contributed by atoms with Crippen LogP contribution in [0.1, 0.15) is 73.1 Å². The quantitative estimate of drug-likeness (QED) is 0.513. The van der Waals surface area contributed by atoms with Crippen molar-refractivity contribution in [3.63, 3.8) is 0 Å². The predicted molar refractivity (Wildman–Crippen MR) is 131 cm³/mol. The molecule has 0 aromatic carbocycles. The number of aliphatic hydroxyl groups excluding tert-OH is 1. The fourth-order valence-corrected chi connectivity index (χ4v) is 7.87. The largest absolute Gasteiger partial charge is 0.445 e. The number of rotatable bonds is 3. The molecule has 0 aromatic rings. The van der Waals surface area contributed by atoms with Gasteiger partial charge in [-0.15, -0.1) is 6.58 Å². The third-order valence-corrected chi connectivity index (χ3v) is 10.4. The summed E-state index contributed by atoms with van der Waals surface area (Å²) >= 11 is 0. The number of aliphatic hydroxyl groups is 1. The Morgan fingerprint density at radius 1 is 1.17 bits per heavy atom. The molecule has 2 unspecified atom stereocenters. The Hall–Kier alpha value is -1.93. The van der Waals surface area contributed by atoms with E-state index in [1.807, 2.05) is 13.8 Å². The minimum Gasteiger partial charge on any atom is -0.445 e. The van der Waals surface area contributed by atoms with Crippen LogP contribution in [0.25, 0.3) is 0 Å². The van der Waals surface area contributed by atoms with E-state index in [-0.39, 0.29) is 29.0 Å². The number of carbonyl (C=O) groups is 3. The number of Topliss-reactive ketones (excluding diaryl/α,β-unsaturated/α-hetero) is 1. The van der Waals surface area contributed by atoms with Gasteiger partial charge in [-0.05, 0) is 56.4 Å². The first-order valence-corrected chi connectivity index (χ1v) is 13.1. The molecule has 3 saturated carbocycles. The number of carbonyl (C=O) groups excluding carboxylic acids is 3. The second-order valence-electron chi connectivity index (χ2n) is 12.4. The topological polar surface area (TPSA) is 114 Å². The van der Waals surface area contributed by atoms with Crippen molar-refractivity contribution in [1.82, 2.24) is 10.6 Å². The zero-order chi connectivity index (χ0) is 25.8. The van der Waals surface area contributed by atoms with Crippen molar-refractivity contribution >= 4 is 18.0 Å². The Kier molecular flexibility index (Phi) is 6.63. The molecule has 4 rings (SSSR count). The molecule has 2 bridgehead atoms. The SMILES string of the molecule is C=C[C@]1(C)C[C@@H](OC(=O)NC(=O)OC2(C)CCNC2)[C@@]2(C)C(C)CC[C@]3(CCC(=O)[C@H]32)[C@@H](C)[C@@H]1O. The Morgan fingerprint density at radius 2 is 1.89 bits per heavy atom. The molecule has 0 spiro atoms. The fourth-order valence-electron chi connectivity index (χ4n) is 7.87. The number of hydrogen-bond acceptors (Lipinski definition) is 7. The van der Waals surface area contributed by atoms with Crippen molar-refractivity contribution in [2.24, 2.45) is 34.0 Å². The Balaban J connectivity index is 1.65. The molecule has 0 radical (unpaired) electrons. The van der Waals surface area contributed by atoms with Crippen molar-refractivity contribution in [2.45, 2.75) is 91.0 Å². The van der Waals surface area contributed by atoms with Crippen molar-refractivity contribution in [1.29, 1.82) is 0 Å². The summed E-state index contributed by atoms with van der Waals surface area (Å²) in [5.41, 5.74) is -2.38. The molecule has 196 valence electrons. The molecule has 0 aromatic heterocycles. The molecule has 2 amide bonds. The lowest BCUT2D eigenvalue weighted by Crippen LogP contribution is -2.63. The number of amides is 2. The summed E-state index contributed by atoms with van der Waals surface area (Å²) in [4.78, 5) is 38.9. The number of alkyl carbamates (subject to hydrolysis) is 2. The van der Waals surface area contributed by atoms with E-state index in [0.29, 0.717) is 25.8 Å². The monoisotopic (exact) mass is 490 g/mol. The maximum Gasteiger partial charge on any atom is 0.417 e. The summed E-state index contributed by atoms with van der Waals surface area (Å²) in [6.07, 6.45) is 2.53. The first-order chi connectivity index (χ1) is 16.3. The van der Waals surface area contributed by atoms with Crippen LogP contribution in [0.15, 0.2) is 12.7 Å². The number of ketones is 1. The van der Waals surface area contributed by atoms with Crippen molar-refractivity contribution < 1.29 is 29.0 Å². The zero-order valence-electron chi connectivity index (χ0n) is 21.8. The Morgan fingerprint density at radius 3 is 2.51 bits per heavy atom. The normalized spacial score (nSPS) is 47.3. The maximum atomic E-state index is 13.4. The lowest BCUT2D eigenvalue weighted by Gasteiger charge is -2.61. The van der Waals surface area contributed by atoms with E-state index in [1.54, 1.807) is 6.08 Å². The molecule has 8 nitrogen and oxygen atoms in total. The van der Waals surface area contributed by atoms with Gasteiger partial charge in [0, 0.05) is 36.1 Å². The van der Waals surface area contributed by atoms with E-state index in [1.165, 1.54) is 0 Å². The summed E-state index contributed by atoms with van der Waals surface area (Å²) in [5.74, 6) is -0.104. The molecule has 4 aliphatic rings. The molecule has 3 aliphatic carbocycles. The molecule has 1 saturated heterocycles.